The molecule has 2 amide bonds. The van der Waals surface area contributed by atoms with Crippen LogP contribution in [0.4, 0.5) is 5.69 Å². The first-order valence-corrected chi connectivity index (χ1v) is 10.4. The summed E-state index contributed by atoms with van der Waals surface area (Å²) in [6, 6.07) is 18.0. The van der Waals surface area contributed by atoms with E-state index in [4.69, 9.17) is 4.74 Å². The molecule has 0 atom stereocenters. The largest absolute Gasteiger partial charge is 0.496 e. The molecular formula is C23H30N4O3. The summed E-state index contributed by atoms with van der Waals surface area (Å²) in [4.78, 5) is 28.7. The number of para-hydroxylation sites is 2. The summed E-state index contributed by atoms with van der Waals surface area (Å²) in [5.74, 6) is 0.374. The van der Waals surface area contributed by atoms with E-state index in [1.54, 1.807) is 7.11 Å². The number of nitrogens with zero attached hydrogens (tertiary/aromatic N) is 2. The highest BCUT2D eigenvalue weighted by molar-refractivity contribution is 5.82. The molecule has 0 aromatic heterocycles. The van der Waals surface area contributed by atoms with Crippen LogP contribution in [0.5, 0.6) is 5.75 Å². The molecule has 0 saturated carbocycles. The topological polar surface area (TPSA) is 73.9 Å². The maximum absolute atomic E-state index is 12.1. The van der Waals surface area contributed by atoms with Crippen molar-refractivity contribution in [2.75, 3.05) is 44.7 Å². The number of hydrogen-bond acceptors (Lipinski definition) is 5. The number of carbonyl (C=O) groups excluding carboxylic acids is 2. The van der Waals surface area contributed by atoms with Crippen LogP contribution in [0, 0.1) is 0 Å². The van der Waals surface area contributed by atoms with Crippen molar-refractivity contribution in [1.29, 1.82) is 0 Å². The minimum absolute atomic E-state index is 0.175. The Hall–Kier alpha value is -3.06. The normalized spacial score (nSPS) is 14.2. The molecule has 1 aliphatic heterocycles. The summed E-state index contributed by atoms with van der Waals surface area (Å²) in [5.41, 5.74) is 7.23. The summed E-state index contributed by atoms with van der Waals surface area (Å²) in [5, 5.41) is 0. The van der Waals surface area contributed by atoms with Crippen molar-refractivity contribution in [3.8, 4) is 5.75 Å². The van der Waals surface area contributed by atoms with Gasteiger partial charge in [-0.15, -0.1) is 0 Å². The zero-order valence-corrected chi connectivity index (χ0v) is 17.5. The van der Waals surface area contributed by atoms with Crippen LogP contribution in [0.2, 0.25) is 0 Å². The average molecular weight is 411 g/mol. The van der Waals surface area contributed by atoms with Crippen molar-refractivity contribution >= 4 is 17.5 Å². The van der Waals surface area contributed by atoms with Crippen molar-refractivity contribution in [1.82, 2.24) is 15.8 Å². The third-order valence-electron chi connectivity index (χ3n) is 5.30. The van der Waals surface area contributed by atoms with Gasteiger partial charge in [0.1, 0.15) is 5.75 Å². The van der Waals surface area contributed by atoms with E-state index in [0.717, 1.165) is 37.5 Å². The molecule has 7 heteroatoms. The third-order valence-corrected chi connectivity index (χ3v) is 5.30. The molecule has 1 saturated heterocycles. The minimum atomic E-state index is -0.217. The fraction of sp³-hybridized carbons (Fsp3) is 0.391. The number of anilines is 1. The number of nitrogens with one attached hydrogen (secondary N) is 2. The maximum atomic E-state index is 12.1. The molecule has 2 aromatic rings. The zero-order chi connectivity index (χ0) is 21.2. The second kappa shape index (κ2) is 11.2. The highest BCUT2D eigenvalue weighted by Gasteiger charge is 2.17. The van der Waals surface area contributed by atoms with E-state index >= 15 is 0 Å². The Morgan fingerprint density at radius 1 is 0.867 bits per heavy atom. The molecule has 0 unspecified atom stereocenters. The van der Waals surface area contributed by atoms with Gasteiger partial charge in [-0.05, 0) is 30.2 Å². The predicted molar refractivity (Wildman–Crippen MR) is 117 cm³/mol. The first-order valence-electron chi connectivity index (χ1n) is 10.4. The number of hydrazine groups is 1. The Morgan fingerprint density at radius 3 is 2.20 bits per heavy atom. The highest BCUT2D eigenvalue weighted by Crippen LogP contribution is 2.18. The molecule has 1 heterocycles. The highest BCUT2D eigenvalue weighted by atomic mass is 16.5. The lowest BCUT2D eigenvalue weighted by molar-refractivity contribution is -0.129. The number of piperazine rings is 1. The SMILES string of the molecule is COc1ccccc1CCC(=O)NNC(=O)CCN1CCN(c2ccccc2)CC1. The summed E-state index contributed by atoms with van der Waals surface area (Å²) in [7, 11) is 1.61. The van der Waals surface area contributed by atoms with E-state index in [1.165, 1.54) is 5.69 Å². The van der Waals surface area contributed by atoms with Crippen LogP contribution in [-0.2, 0) is 16.0 Å². The van der Waals surface area contributed by atoms with E-state index in [-0.39, 0.29) is 18.2 Å². The van der Waals surface area contributed by atoms with Crippen LogP contribution < -0.4 is 20.5 Å². The number of rotatable bonds is 8. The first kappa shape index (κ1) is 21.6. The zero-order valence-electron chi connectivity index (χ0n) is 17.5. The van der Waals surface area contributed by atoms with E-state index in [1.807, 2.05) is 30.3 Å². The minimum Gasteiger partial charge on any atom is -0.496 e. The van der Waals surface area contributed by atoms with Gasteiger partial charge in [0.05, 0.1) is 7.11 Å². The second-order valence-corrected chi connectivity index (χ2v) is 7.32. The second-order valence-electron chi connectivity index (χ2n) is 7.32. The Labute approximate surface area is 178 Å². The van der Waals surface area contributed by atoms with Gasteiger partial charge in [0.15, 0.2) is 0 Å². The number of hydrogen-bond donors (Lipinski definition) is 2. The molecular weight excluding hydrogens is 380 g/mol. The molecule has 3 rings (SSSR count). The third kappa shape index (κ3) is 6.49. The predicted octanol–water partition coefficient (Wildman–Crippen LogP) is 1.99. The van der Waals surface area contributed by atoms with E-state index < -0.39 is 0 Å². The van der Waals surface area contributed by atoms with E-state index in [0.29, 0.717) is 19.4 Å². The molecule has 0 aliphatic carbocycles. The first-order chi connectivity index (χ1) is 14.7. The molecule has 30 heavy (non-hydrogen) atoms. The van der Waals surface area contributed by atoms with Gasteiger partial charge in [-0.25, -0.2) is 0 Å². The van der Waals surface area contributed by atoms with E-state index in [2.05, 4.69) is 44.9 Å². The fourth-order valence-corrected chi connectivity index (χ4v) is 3.55. The number of benzene rings is 2. The van der Waals surface area contributed by atoms with Crippen LogP contribution in [0.25, 0.3) is 0 Å². The van der Waals surface area contributed by atoms with Crippen molar-refractivity contribution in [2.24, 2.45) is 0 Å². The quantitative estimate of drug-likeness (QED) is 0.651. The lowest BCUT2D eigenvalue weighted by Gasteiger charge is -2.36. The van der Waals surface area contributed by atoms with Crippen LogP contribution in [0.1, 0.15) is 18.4 Å². The van der Waals surface area contributed by atoms with Gasteiger partial charge in [-0.1, -0.05) is 36.4 Å². The van der Waals surface area contributed by atoms with Gasteiger partial charge in [0, 0.05) is 51.3 Å². The summed E-state index contributed by atoms with van der Waals surface area (Å²) in [6.45, 7) is 4.43. The molecule has 7 nitrogen and oxygen atoms in total. The lowest BCUT2D eigenvalue weighted by atomic mass is 10.1. The number of aryl methyl sites for hydroxylation is 1. The van der Waals surface area contributed by atoms with Crippen LogP contribution >= 0.6 is 0 Å². The Kier molecular flexibility index (Phi) is 8.09. The Morgan fingerprint density at radius 2 is 1.50 bits per heavy atom. The van der Waals surface area contributed by atoms with Crippen LogP contribution in [-0.4, -0.2) is 56.5 Å². The summed E-state index contributed by atoms with van der Waals surface area (Å²) < 4.78 is 5.29. The molecule has 2 N–H and O–H groups in total. The number of ether oxygens (including phenoxy) is 1. The van der Waals surface area contributed by atoms with Crippen molar-refractivity contribution in [3.63, 3.8) is 0 Å². The van der Waals surface area contributed by atoms with Crippen molar-refractivity contribution in [3.05, 3.63) is 60.2 Å². The molecule has 1 fully saturated rings. The maximum Gasteiger partial charge on any atom is 0.239 e. The Bertz CT molecular complexity index is 820. The molecule has 1 aliphatic rings. The smallest absolute Gasteiger partial charge is 0.239 e. The molecule has 0 bridgehead atoms. The van der Waals surface area contributed by atoms with Gasteiger partial charge in [0.25, 0.3) is 0 Å². The number of methoxy groups -OCH3 is 1. The number of carbonyl (C=O) groups is 2. The average Bonchev–Trinajstić information content (AvgIpc) is 2.81. The molecule has 0 radical (unpaired) electrons. The monoisotopic (exact) mass is 410 g/mol. The molecule has 2 aromatic carbocycles. The molecule has 0 spiro atoms. The number of amides is 2. The van der Waals surface area contributed by atoms with E-state index in [9.17, 15) is 9.59 Å². The summed E-state index contributed by atoms with van der Waals surface area (Å²) >= 11 is 0. The van der Waals surface area contributed by atoms with Crippen LogP contribution in [0.15, 0.2) is 54.6 Å². The van der Waals surface area contributed by atoms with Crippen molar-refractivity contribution in [2.45, 2.75) is 19.3 Å². The Balaban J connectivity index is 1.30. The van der Waals surface area contributed by atoms with Gasteiger partial charge in [-0.3, -0.25) is 25.3 Å². The van der Waals surface area contributed by atoms with Crippen molar-refractivity contribution < 1.29 is 14.3 Å². The van der Waals surface area contributed by atoms with Crippen LogP contribution in [0.3, 0.4) is 0 Å². The van der Waals surface area contributed by atoms with Gasteiger partial charge in [-0.2, -0.15) is 0 Å². The summed E-state index contributed by atoms with van der Waals surface area (Å²) in [6.07, 6.45) is 1.19. The fourth-order valence-electron chi connectivity index (χ4n) is 3.55. The molecule has 160 valence electrons. The lowest BCUT2D eigenvalue weighted by Crippen LogP contribution is -2.48. The van der Waals surface area contributed by atoms with Gasteiger partial charge in [0.2, 0.25) is 11.8 Å². The van der Waals surface area contributed by atoms with Gasteiger partial charge >= 0.3 is 0 Å². The standard InChI is InChI=1S/C23H30N4O3/c1-30-21-10-6-5-7-19(21)11-12-22(28)24-25-23(29)13-14-26-15-17-27(18-16-26)20-8-3-2-4-9-20/h2-10H,11-18H2,1H3,(H,24,28)(H,25,29). The van der Waals surface area contributed by atoms with Gasteiger partial charge < -0.3 is 9.64 Å².